The summed E-state index contributed by atoms with van der Waals surface area (Å²) in [6.45, 7) is 8.46. The van der Waals surface area contributed by atoms with E-state index in [4.69, 9.17) is 0 Å². The van der Waals surface area contributed by atoms with E-state index in [1.54, 1.807) is 4.90 Å². The first-order chi connectivity index (χ1) is 13.5. The smallest absolute Gasteiger partial charge is 0.243 e. The molecule has 4 nitrogen and oxygen atoms in total. The number of hydrogen-bond acceptors (Lipinski definition) is 2. The first kappa shape index (κ1) is 21.7. The van der Waals surface area contributed by atoms with Crippen LogP contribution in [0.25, 0.3) is 0 Å². The zero-order valence-electron chi connectivity index (χ0n) is 17.4. The lowest BCUT2D eigenvalue weighted by Gasteiger charge is -2.32. The molecular weight excluding hydrogens is 348 g/mol. The maximum atomic E-state index is 13.2. The van der Waals surface area contributed by atoms with Crippen molar-refractivity contribution in [3.8, 4) is 0 Å². The van der Waals surface area contributed by atoms with Crippen LogP contribution in [0.2, 0.25) is 0 Å². The average molecular weight is 381 g/mol. The minimum absolute atomic E-state index is 0.0272. The highest BCUT2D eigenvalue weighted by atomic mass is 16.2. The molecule has 0 spiro atoms. The normalized spacial score (nSPS) is 12.9. The van der Waals surface area contributed by atoms with Crippen molar-refractivity contribution < 1.29 is 9.59 Å². The number of hydrogen-bond donors (Lipinski definition) is 1. The first-order valence-electron chi connectivity index (χ1n) is 10.1. The monoisotopic (exact) mass is 380 g/mol. The summed E-state index contributed by atoms with van der Waals surface area (Å²) >= 11 is 0. The van der Waals surface area contributed by atoms with Gasteiger partial charge in [0, 0.05) is 12.6 Å². The van der Waals surface area contributed by atoms with Gasteiger partial charge in [-0.05, 0) is 43.4 Å². The predicted octanol–water partition coefficient (Wildman–Crippen LogP) is 4.26. The van der Waals surface area contributed by atoms with Gasteiger partial charge in [0.25, 0.3) is 0 Å². The fourth-order valence-corrected chi connectivity index (χ4v) is 3.20. The lowest BCUT2D eigenvalue weighted by atomic mass is 10.0. The molecule has 0 heterocycles. The molecule has 0 saturated heterocycles. The number of nitrogens with one attached hydrogen (secondary N) is 1. The molecule has 1 N–H and O–H groups in total. The molecule has 2 amide bonds. The Hall–Kier alpha value is -2.62. The van der Waals surface area contributed by atoms with Gasteiger partial charge in [0.1, 0.15) is 6.04 Å². The molecule has 150 valence electrons. The van der Waals surface area contributed by atoms with Crippen LogP contribution in [-0.2, 0) is 22.6 Å². The van der Waals surface area contributed by atoms with E-state index >= 15 is 0 Å². The van der Waals surface area contributed by atoms with Crippen LogP contribution >= 0.6 is 0 Å². The van der Waals surface area contributed by atoms with E-state index in [1.807, 2.05) is 82.3 Å². The summed E-state index contributed by atoms with van der Waals surface area (Å²) < 4.78 is 0. The molecule has 4 heteroatoms. The Morgan fingerprint density at radius 2 is 1.61 bits per heavy atom. The second-order valence-electron chi connectivity index (χ2n) is 7.35. The standard InChI is InChI=1S/C24H32N2O2/c1-5-19(4)25-24(28)22(6-2)26(17-21-15-11-10-12-18(21)3)23(27)16-20-13-8-7-9-14-20/h7-15,19,22H,5-6,16-17H2,1-4H3,(H,25,28)/t19-,22-/m1/s1. The minimum atomic E-state index is -0.482. The third-order valence-electron chi connectivity index (χ3n) is 5.19. The third-order valence-corrected chi connectivity index (χ3v) is 5.19. The van der Waals surface area contributed by atoms with Gasteiger partial charge in [-0.1, -0.05) is 68.4 Å². The van der Waals surface area contributed by atoms with Crippen molar-refractivity contribution in [2.24, 2.45) is 0 Å². The summed E-state index contributed by atoms with van der Waals surface area (Å²) in [5.41, 5.74) is 3.15. The zero-order chi connectivity index (χ0) is 20.5. The van der Waals surface area contributed by atoms with Crippen LogP contribution in [0.4, 0.5) is 0 Å². The van der Waals surface area contributed by atoms with Gasteiger partial charge in [-0.2, -0.15) is 0 Å². The van der Waals surface area contributed by atoms with Crippen LogP contribution in [0.1, 0.15) is 50.3 Å². The number of carbonyl (C=O) groups is 2. The fraction of sp³-hybridized carbons (Fsp3) is 0.417. The Labute approximate surface area is 169 Å². The molecule has 0 unspecified atom stereocenters. The van der Waals surface area contributed by atoms with Crippen molar-refractivity contribution in [3.63, 3.8) is 0 Å². The first-order valence-corrected chi connectivity index (χ1v) is 10.1. The van der Waals surface area contributed by atoms with Crippen molar-refractivity contribution in [1.82, 2.24) is 10.2 Å². The van der Waals surface area contributed by atoms with Crippen LogP contribution < -0.4 is 5.32 Å². The Morgan fingerprint density at radius 3 is 2.21 bits per heavy atom. The minimum Gasteiger partial charge on any atom is -0.352 e. The van der Waals surface area contributed by atoms with E-state index in [2.05, 4.69) is 5.32 Å². The van der Waals surface area contributed by atoms with Crippen LogP contribution in [0.5, 0.6) is 0 Å². The molecule has 0 fully saturated rings. The van der Waals surface area contributed by atoms with Gasteiger partial charge in [0.05, 0.1) is 6.42 Å². The number of aryl methyl sites for hydroxylation is 1. The number of carbonyl (C=O) groups excluding carboxylic acids is 2. The molecule has 2 atom stereocenters. The quantitative estimate of drug-likeness (QED) is 0.707. The summed E-state index contributed by atoms with van der Waals surface area (Å²) in [6.07, 6.45) is 1.73. The van der Waals surface area contributed by atoms with E-state index in [0.717, 1.165) is 23.1 Å². The molecule has 0 radical (unpaired) electrons. The van der Waals surface area contributed by atoms with E-state index in [1.165, 1.54) is 0 Å². The average Bonchev–Trinajstić information content (AvgIpc) is 2.69. The van der Waals surface area contributed by atoms with E-state index in [-0.39, 0.29) is 17.9 Å². The molecule has 0 saturated carbocycles. The maximum Gasteiger partial charge on any atom is 0.243 e. The largest absolute Gasteiger partial charge is 0.352 e. The molecule has 28 heavy (non-hydrogen) atoms. The number of amides is 2. The van der Waals surface area contributed by atoms with Crippen molar-refractivity contribution in [2.75, 3.05) is 0 Å². The third kappa shape index (κ3) is 5.95. The fourth-order valence-electron chi connectivity index (χ4n) is 3.20. The van der Waals surface area contributed by atoms with Crippen LogP contribution in [0.15, 0.2) is 54.6 Å². The molecule has 0 aromatic heterocycles. The number of benzene rings is 2. The van der Waals surface area contributed by atoms with Crippen LogP contribution in [-0.4, -0.2) is 28.8 Å². The lowest BCUT2D eigenvalue weighted by Crippen LogP contribution is -2.51. The number of nitrogens with zero attached hydrogens (tertiary/aromatic N) is 1. The van der Waals surface area contributed by atoms with E-state index in [9.17, 15) is 9.59 Å². The van der Waals surface area contributed by atoms with Crippen molar-refractivity contribution in [2.45, 2.75) is 65.6 Å². The molecule has 0 bridgehead atoms. The van der Waals surface area contributed by atoms with Gasteiger partial charge in [-0.15, -0.1) is 0 Å². The predicted molar refractivity (Wildman–Crippen MR) is 114 cm³/mol. The van der Waals surface area contributed by atoms with Gasteiger partial charge in [0.2, 0.25) is 11.8 Å². The van der Waals surface area contributed by atoms with Crippen LogP contribution in [0.3, 0.4) is 0 Å². The van der Waals surface area contributed by atoms with Crippen LogP contribution in [0, 0.1) is 6.92 Å². The van der Waals surface area contributed by atoms with Gasteiger partial charge in [0.15, 0.2) is 0 Å². The summed E-state index contributed by atoms with van der Waals surface area (Å²) in [5.74, 6) is -0.104. The van der Waals surface area contributed by atoms with E-state index < -0.39 is 6.04 Å². The van der Waals surface area contributed by atoms with Crippen molar-refractivity contribution in [3.05, 3.63) is 71.3 Å². The molecule has 0 aliphatic heterocycles. The molecular formula is C24H32N2O2. The molecule has 2 rings (SSSR count). The van der Waals surface area contributed by atoms with E-state index in [0.29, 0.717) is 19.4 Å². The second kappa shape index (κ2) is 10.6. The van der Waals surface area contributed by atoms with Gasteiger partial charge in [-0.25, -0.2) is 0 Å². The zero-order valence-corrected chi connectivity index (χ0v) is 17.4. The lowest BCUT2D eigenvalue weighted by molar-refractivity contribution is -0.141. The highest BCUT2D eigenvalue weighted by molar-refractivity contribution is 5.88. The Morgan fingerprint density at radius 1 is 0.964 bits per heavy atom. The Balaban J connectivity index is 2.29. The summed E-state index contributed by atoms with van der Waals surface area (Å²) in [5, 5.41) is 3.05. The summed E-state index contributed by atoms with van der Waals surface area (Å²) in [4.78, 5) is 27.9. The summed E-state index contributed by atoms with van der Waals surface area (Å²) in [7, 11) is 0. The van der Waals surface area contributed by atoms with Gasteiger partial charge >= 0.3 is 0 Å². The second-order valence-corrected chi connectivity index (χ2v) is 7.35. The highest BCUT2D eigenvalue weighted by Gasteiger charge is 2.29. The molecule has 0 aliphatic carbocycles. The van der Waals surface area contributed by atoms with Crippen molar-refractivity contribution in [1.29, 1.82) is 0 Å². The number of rotatable bonds is 9. The van der Waals surface area contributed by atoms with Gasteiger partial charge in [-0.3, -0.25) is 9.59 Å². The Bertz CT molecular complexity index is 773. The Kier molecular flexibility index (Phi) is 8.24. The maximum absolute atomic E-state index is 13.2. The highest BCUT2D eigenvalue weighted by Crippen LogP contribution is 2.17. The molecule has 2 aromatic rings. The van der Waals surface area contributed by atoms with Crippen molar-refractivity contribution >= 4 is 11.8 Å². The SMILES string of the molecule is CC[C@@H](C)NC(=O)[C@@H](CC)N(Cc1ccccc1C)C(=O)Cc1ccccc1. The van der Waals surface area contributed by atoms with Gasteiger partial charge < -0.3 is 10.2 Å². The topological polar surface area (TPSA) is 49.4 Å². The summed E-state index contributed by atoms with van der Waals surface area (Å²) in [6, 6.07) is 17.3. The molecule has 0 aliphatic rings. The molecule has 2 aromatic carbocycles.